The number of hydrogen-bond donors (Lipinski definition) is 1. The van der Waals surface area contributed by atoms with Crippen molar-refractivity contribution in [3.05, 3.63) is 12.7 Å². The van der Waals surface area contributed by atoms with E-state index < -0.39 is 0 Å². The molecule has 0 aliphatic heterocycles. The Morgan fingerprint density at radius 3 is 1.80 bits per heavy atom. The van der Waals surface area contributed by atoms with Gasteiger partial charge in [0.25, 0.3) is 0 Å². The Morgan fingerprint density at radius 2 is 1.80 bits per heavy atom. The maximum Gasteiger partial charge on any atom is 0.0171 e. The van der Waals surface area contributed by atoms with Crippen LogP contribution in [0.4, 0.5) is 0 Å². The molecule has 1 nitrogen and oxygen atoms in total. The molecule has 0 spiro atoms. The third kappa shape index (κ3) is 15.6. The molecule has 0 saturated carbocycles. The molecule has 0 aromatic carbocycles. The molecule has 1 N–H and O–H groups in total. The van der Waals surface area contributed by atoms with Crippen molar-refractivity contribution >= 4 is 6.21 Å². The molecule has 0 bridgehead atoms. The largest absolute Gasteiger partial charge is 0.309 e. The van der Waals surface area contributed by atoms with Crippen molar-refractivity contribution in [2.24, 2.45) is 0 Å². The van der Waals surface area contributed by atoms with Crippen LogP contribution in [0.1, 0.15) is 0 Å². The molecule has 0 aliphatic rings. The van der Waals surface area contributed by atoms with Gasteiger partial charge in [0.05, 0.1) is 0 Å². The molecule has 0 aromatic heterocycles. The molecule has 0 amide bonds. The van der Waals surface area contributed by atoms with Crippen molar-refractivity contribution in [1.29, 1.82) is 5.41 Å². The van der Waals surface area contributed by atoms with Crippen LogP contribution >= 0.6 is 0 Å². The minimum atomic E-state index is 0. The SMILES string of the molecule is C=CC=N.[Ru]. The fourth-order valence-corrected chi connectivity index (χ4v) is 0. The summed E-state index contributed by atoms with van der Waals surface area (Å²) in [7, 11) is 0. The second-order valence-corrected chi connectivity index (χ2v) is 0.402. The van der Waals surface area contributed by atoms with Crippen molar-refractivity contribution in [1.82, 2.24) is 0 Å². The van der Waals surface area contributed by atoms with E-state index in [2.05, 4.69) is 6.58 Å². The average molecular weight is 156 g/mol. The Morgan fingerprint density at radius 1 is 1.60 bits per heavy atom. The van der Waals surface area contributed by atoms with E-state index in [1.54, 1.807) is 0 Å². The number of rotatable bonds is 1. The standard InChI is InChI=1S/C3H5N.Ru/c1-2-3-4;/h2-4H,1H2;. The van der Waals surface area contributed by atoms with Crippen LogP contribution < -0.4 is 0 Å². The molecular formula is C3H5NRu. The molecule has 0 aliphatic carbocycles. The van der Waals surface area contributed by atoms with Gasteiger partial charge in [0.1, 0.15) is 0 Å². The maximum atomic E-state index is 6.21. The maximum absolute atomic E-state index is 6.21. The Kier molecular flexibility index (Phi) is 16.0. The Hall–Kier alpha value is 0.0334. The summed E-state index contributed by atoms with van der Waals surface area (Å²) in [4.78, 5) is 0. The summed E-state index contributed by atoms with van der Waals surface area (Å²) in [6, 6.07) is 0. The van der Waals surface area contributed by atoms with Crippen molar-refractivity contribution < 1.29 is 19.5 Å². The molecule has 30 valence electrons. The van der Waals surface area contributed by atoms with Gasteiger partial charge in [-0.05, 0) is 0 Å². The van der Waals surface area contributed by atoms with Crippen LogP contribution in [0.15, 0.2) is 12.7 Å². The van der Waals surface area contributed by atoms with E-state index in [0.29, 0.717) is 0 Å². The summed E-state index contributed by atoms with van der Waals surface area (Å²) in [5.74, 6) is 0. The van der Waals surface area contributed by atoms with Crippen LogP contribution in [0, 0.1) is 5.41 Å². The first-order valence-corrected chi connectivity index (χ1v) is 1.03. The van der Waals surface area contributed by atoms with E-state index >= 15 is 0 Å². The Bertz CT molecular complexity index is 27.9. The van der Waals surface area contributed by atoms with Crippen molar-refractivity contribution in [3.8, 4) is 0 Å². The molecule has 0 heterocycles. The summed E-state index contributed by atoms with van der Waals surface area (Å²) >= 11 is 0. The molecule has 0 aromatic rings. The summed E-state index contributed by atoms with van der Waals surface area (Å²) in [5, 5.41) is 6.21. The minimum Gasteiger partial charge on any atom is -0.309 e. The van der Waals surface area contributed by atoms with Gasteiger partial charge in [-0.1, -0.05) is 12.7 Å². The summed E-state index contributed by atoms with van der Waals surface area (Å²) < 4.78 is 0. The molecule has 0 fully saturated rings. The zero-order valence-electron chi connectivity index (χ0n) is 2.72. The third-order valence-electron chi connectivity index (χ3n) is 0.118. The average Bonchev–Trinajstić information content (AvgIpc) is 1.37. The van der Waals surface area contributed by atoms with Gasteiger partial charge in [0, 0.05) is 25.7 Å². The number of allylic oxidation sites excluding steroid dienone is 1. The first-order chi connectivity index (χ1) is 1.91. The molecular weight excluding hydrogens is 151 g/mol. The van der Waals surface area contributed by atoms with E-state index in [-0.39, 0.29) is 19.5 Å². The van der Waals surface area contributed by atoms with Crippen LogP contribution in [0.5, 0.6) is 0 Å². The van der Waals surface area contributed by atoms with Crippen LogP contribution in [0.25, 0.3) is 0 Å². The van der Waals surface area contributed by atoms with Gasteiger partial charge in [-0.15, -0.1) is 0 Å². The predicted octanol–water partition coefficient (Wildman–Crippen LogP) is 0.819. The van der Waals surface area contributed by atoms with Gasteiger partial charge < -0.3 is 5.41 Å². The molecule has 0 atom stereocenters. The molecule has 0 unspecified atom stereocenters. The fourth-order valence-electron chi connectivity index (χ4n) is 0. The van der Waals surface area contributed by atoms with Gasteiger partial charge in [-0.2, -0.15) is 0 Å². The predicted molar refractivity (Wildman–Crippen MR) is 19.0 cm³/mol. The van der Waals surface area contributed by atoms with Gasteiger partial charge in [0.15, 0.2) is 0 Å². The number of nitrogens with one attached hydrogen (secondary N) is 1. The van der Waals surface area contributed by atoms with E-state index in [9.17, 15) is 0 Å². The smallest absolute Gasteiger partial charge is 0.0171 e. The van der Waals surface area contributed by atoms with E-state index in [4.69, 9.17) is 5.41 Å². The third-order valence-corrected chi connectivity index (χ3v) is 0.118. The number of hydrogen-bond acceptors (Lipinski definition) is 1. The summed E-state index contributed by atoms with van der Waals surface area (Å²) in [6.07, 6.45) is 2.56. The summed E-state index contributed by atoms with van der Waals surface area (Å²) in [5.41, 5.74) is 0. The van der Waals surface area contributed by atoms with Crippen LogP contribution in [0.2, 0.25) is 0 Å². The van der Waals surface area contributed by atoms with Crippen molar-refractivity contribution in [2.75, 3.05) is 0 Å². The van der Waals surface area contributed by atoms with Crippen LogP contribution in [-0.4, -0.2) is 6.21 Å². The normalized spacial score (nSPS) is 4.00. The Balaban J connectivity index is 0. The van der Waals surface area contributed by atoms with Gasteiger partial charge in [0.2, 0.25) is 0 Å². The monoisotopic (exact) mass is 157 g/mol. The molecule has 5 heavy (non-hydrogen) atoms. The van der Waals surface area contributed by atoms with Crippen LogP contribution in [-0.2, 0) is 19.5 Å². The van der Waals surface area contributed by atoms with E-state index in [1.807, 2.05) is 0 Å². The summed E-state index contributed by atoms with van der Waals surface area (Å²) in [6.45, 7) is 3.24. The van der Waals surface area contributed by atoms with Crippen molar-refractivity contribution in [3.63, 3.8) is 0 Å². The quantitative estimate of drug-likeness (QED) is 0.429. The van der Waals surface area contributed by atoms with Crippen molar-refractivity contribution in [2.45, 2.75) is 0 Å². The molecule has 0 radical (unpaired) electrons. The van der Waals surface area contributed by atoms with Gasteiger partial charge in [-0.3, -0.25) is 0 Å². The first-order valence-electron chi connectivity index (χ1n) is 1.03. The van der Waals surface area contributed by atoms with E-state index in [1.165, 1.54) is 6.08 Å². The van der Waals surface area contributed by atoms with E-state index in [0.717, 1.165) is 6.21 Å². The fraction of sp³-hybridized carbons (Fsp3) is 0. The molecule has 2 heteroatoms. The van der Waals surface area contributed by atoms with Crippen LogP contribution in [0.3, 0.4) is 0 Å². The topological polar surface area (TPSA) is 23.9 Å². The second kappa shape index (κ2) is 8.98. The molecule has 0 saturated heterocycles. The van der Waals surface area contributed by atoms with Gasteiger partial charge in [-0.25, -0.2) is 0 Å². The first kappa shape index (κ1) is 8.90. The zero-order valence-corrected chi connectivity index (χ0v) is 4.45. The second-order valence-electron chi connectivity index (χ2n) is 0.402. The Labute approximate surface area is 44.3 Å². The molecule has 0 rings (SSSR count). The zero-order chi connectivity index (χ0) is 3.41. The van der Waals surface area contributed by atoms with Gasteiger partial charge >= 0.3 is 0 Å². The minimum absolute atomic E-state index is 0.